The quantitative estimate of drug-likeness (QED) is 0.683. The average Bonchev–Trinajstić information content (AvgIpc) is 2.16. The van der Waals surface area contributed by atoms with Crippen LogP contribution in [0.3, 0.4) is 0 Å². The van der Waals surface area contributed by atoms with Gasteiger partial charge in [0.1, 0.15) is 11.5 Å². The fourth-order valence-electron chi connectivity index (χ4n) is 1.20. The summed E-state index contributed by atoms with van der Waals surface area (Å²) in [4.78, 5) is 0. The van der Waals surface area contributed by atoms with Gasteiger partial charge in [-0.25, -0.2) is 0 Å². The highest BCUT2D eigenvalue weighted by molar-refractivity contribution is 6.71. The molecule has 0 atom stereocenters. The highest BCUT2D eigenvalue weighted by atomic mass is 28.3. The van der Waals surface area contributed by atoms with Crippen molar-refractivity contribution in [3.63, 3.8) is 0 Å². The predicted molar refractivity (Wildman–Crippen MR) is 56.7 cm³/mol. The third kappa shape index (κ3) is 2.25. The third-order valence-electron chi connectivity index (χ3n) is 1.95. The molecular weight excluding hydrogens is 180 g/mol. The summed E-state index contributed by atoms with van der Waals surface area (Å²) in [6.45, 7) is 4.48. The molecule has 0 bridgehead atoms. The molecule has 0 aliphatic rings. The molecule has 0 heterocycles. The van der Waals surface area contributed by atoms with Gasteiger partial charge in [-0.05, 0) is 23.4 Å². The lowest BCUT2D eigenvalue weighted by atomic mass is 10.3. The monoisotopic (exact) mass is 195 g/mol. The van der Waals surface area contributed by atoms with E-state index in [0.29, 0.717) is 0 Å². The molecule has 1 radical (unpaired) electrons. The lowest BCUT2D eigenvalue weighted by Gasteiger charge is -2.11. The van der Waals surface area contributed by atoms with Gasteiger partial charge in [-0.3, -0.25) is 0 Å². The minimum atomic E-state index is -0.491. The number of benzene rings is 1. The minimum Gasteiger partial charge on any atom is -0.497 e. The van der Waals surface area contributed by atoms with Crippen molar-refractivity contribution < 1.29 is 9.47 Å². The van der Waals surface area contributed by atoms with Crippen molar-refractivity contribution in [2.45, 2.75) is 13.1 Å². The van der Waals surface area contributed by atoms with Crippen molar-refractivity contribution in [2.24, 2.45) is 0 Å². The molecule has 1 rings (SSSR count). The third-order valence-corrected chi connectivity index (χ3v) is 3.41. The summed E-state index contributed by atoms with van der Waals surface area (Å²) in [5, 5.41) is 1.28. The first-order valence-corrected chi connectivity index (χ1v) is 6.71. The van der Waals surface area contributed by atoms with E-state index in [0.717, 1.165) is 11.5 Å². The first kappa shape index (κ1) is 10.1. The number of hydrogen-bond acceptors (Lipinski definition) is 2. The Hall–Kier alpha value is -0.963. The molecule has 0 saturated carbocycles. The summed E-state index contributed by atoms with van der Waals surface area (Å²) < 4.78 is 10.4. The van der Waals surface area contributed by atoms with Crippen molar-refractivity contribution in [2.75, 3.05) is 14.2 Å². The van der Waals surface area contributed by atoms with E-state index < -0.39 is 8.80 Å². The Morgan fingerprint density at radius 2 is 1.77 bits per heavy atom. The second-order valence-corrected chi connectivity index (χ2v) is 5.60. The van der Waals surface area contributed by atoms with E-state index in [1.165, 1.54) is 5.19 Å². The van der Waals surface area contributed by atoms with Crippen LogP contribution < -0.4 is 14.7 Å². The second kappa shape index (κ2) is 4.32. The molecule has 0 spiro atoms. The van der Waals surface area contributed by atoms with Gasteiger partial charge in [0.25, 0.3) is 0 Å². The van der Waals surface area contributed by atoms with Crippen LogP contribution in [0.1, 0.15) is 0 Å². The SMILES string of the molecule is COc1ccc(OC)c([Si](C)C)c1. The minimum absolute atomic E-state index is 0.491. The van der Waals surface area contributed by atoms with Crippen LogP contribution in [-0.2, 0) is 0 Å². The molecule has 0 unspecified atom stereocenters. The molecule has 3 heteroatoms. The molecule has 0 aliphatic carbocycles. The molecule has 0 aromatic heterocycles. The van der Waals surface area contributed by atoms with E-state index in [1.54, 1.807) is 14.2 Å². The van der Waals surface area contributed by atoms with Crippen LogP contribution in [0.5, 0.6) is 11.5 Å². The summed E-state index contributed by atoms with van der Waals surface area (Å²) in [5.74, 6) is 1.88. The van der Waals surface area contributed by atoms with E-state index in [4.69, 9.17) is 9.47 Å². The van der Waals surface area contributed by atoms with Crippen molar-refractivity contribution in [1.29, 1.82) is 0 Å². The largest absolute Gasteiger partial charge is 0.497 e. The summed E-state index contributed by atoms with van der Waals surface area (Å²) in [6, 6.07) is 5.95. The van der Waals surface area contributed by atoms with E-state index >= 15 is 0 Å². The summed E-state index contributed by atoms with van der Waals surface area (Å²) in [7, 11) is 2.90. The molecule has 1 aromatic carbocycles. The van der Waals surface area contributed by atoms with Crippen molar-refractivity contribution in [3.8, 4) is 11.5 Å². The Morgan fingerprint density at radius 1 is 1.08 bits per heavy atom. The molecule has 0 amide bonds. The fraction of sp³-hybridized carbons (Fsp3) is 0.400. The van der Waals surface area contributed by atoms with Gasteiger partial charge >= 0.3 is 0 Å². The van der Waals surface area contributed by atoms with E-state index in [2.05, 4.69) is 19.2 Å². The molecular formula is C10H15O2Si. The molecule has 71 valence electrons. The van der Waals surface area contributed by atoms with Crippen LogP contribution in [0.25, 0.3) is 0 Å². The Labute approximate surface area is 81.1 Å². The average molecular weight is 195 g/mol. The van der Waals surface area contributed by atoms with Crippen molar-refractivity contribution in [3.05, 3.63) is 18.2 Å². The van der Waals surface area contributed by atoms with Gasteiger partial charge in [0, 0.05) is 0 Å². The van der Waals surface area contributed by atoms with E-state index in [1.807, 2.05) is 12.1 Å². The Bertz CT molecular complexity index is 284. The van der Waals surface area contributed by atoms with Crippen LogP contribution in [0.2, 0.25) is 13.1 Å². The number of ether oxygens (including phenoxy) is 2. The van der Waals surface area contributed by atoms with Gasteiger partial charge in [-0.15, -0.1) is 0 Å². The van der Waals surface area contributed by atoms with Crippen LogP contribution in [0.4, 0.5) is 0 Å². The van der Waals surface area contributed by atoms with Gasteiger partial charge in [0.15, 0.2) is 0 Å². The smallest absolute Gasteiger partial charge is 0.119 e. The van der Waals surface area contributed by atoms with Crippen LogP contribution in [0, 0.1) is 0 Å². The van der Waals surface area contributed by atoms with E-state index in [9.17, 15) is 0 Å². The zero-order valence-corrected chi connectivity index (χ0v) is 9.55. The van der Waals surface area contributed by atoms with Crippen molar-refractivity contribution in [1.82, 2.24) is 0 Å². The van der Waals surface area contributed by atoms with Gasteiger partial charge in [-0.2, -0.15) is 0 Å². The summed E-state index contributed by atoms with van der Waals surface area (Å²) >= 11 is 0. The maximum atomic E-state index is 5.28. The molecule has 1 aromatic rings. The van der Waals surface area contributed by atoms with Gasteiger partial charge < -0.3 is 9.47 Å². The Kier molecular flexibility index (Phi) is 3.37. The topological polar surface area (TPSA) is 18.5 Å². The molecule has 0 N–H and O–H groups in total. The molecule has 13 heavy (non-hydrogen) atoms. The summed E-state index contributed by atoms with van der Waals surface area (Å²) in [5.41, 5.74) is 0. The van der Waals surface area contributed by atoms with E-state index in [-0.39, 0.29) is 0 Å². The first-order chi connectivity index (χ1) is 6.19. The maximum absolute atomic E-state index is 5.28. The zero-order valence-electron chi connectivity index (χ0n) is 8.55. The number of hydrogen-bond donors (Lipinski definition) is 0. The molecule has 0 fully saturated rings. The Balaban J connectivity index is 3.10. The van der Waals surface area contributed by atoms with Crippen LogP contribution in [0.15, 0.2) is 18.2 Å². The molecule has 0 aliphatic heterocycles. The van der Waals surface area contributed by atoms with Gasteiger partial charge in [-0.1, -0.05) is 13.1 Å². The first-order valence-electron chi connectivity index (χ1n) is 4.21. The van der Waals surface area contributed by atoms with Crippen molar-refractivity contribution >= 4 is 14.0 Å². The standard InChI is InChI=1S/C10H15O2Si/c1-11-8-5-6-9(12-2)10(7-8)13(3)4/h5-7H,1-4H3. The van der Waals surface area contributed by atoms with Gasteiger partial charge in [0.05, 0.1) is 23.0 Å². The number of methoxy groups -OCH3 is 2. The fourth-order valence-corrected chi connectivity index (χ4v) is 2.31. The normalized spacial score (nSPS) is 10.2. The molecule has 0 saturated heterocycles. The second-order valence-electron chi connectivity index (χ2n) is 3.07. The maximum Gasteiger partial charge on any atom is 0.119 e. The lowest BCUT2D eigenvalue weighted by molar-refractivity contribution is 0.405. The predicted octanol–water partition coefficient (Wildman–Crippen LogP) is 1.67. The zero-order chi connectivity index (χ0) is 9.84. The number of rotatable bonds is 3. The lowest BCUT2D eigenvalue weighted by Crippen LogP contribution is -2.24. The van der Waals surface area contributed by atoms with Crippen LogP contribution >= 0.6 is 0 Å². The van der Waals surface area contributed by atoms with Gasteiger partial charge in [0.2, 0.25) is 0 Å². The molecule has 2 nitrogen and oxygen atoms in total. The summed E-state index contributed by atoms with van der Waals surface area (Å²) in [6.07, 6.45) is 0. The van der Waals surface area contributed by atoms with Crippen LogP contribution in [-0.4, -0.2) is 23.0 Å². The highest BCUT2D eigenvalue weighted by Crippen LogP contribution is 2.15. The highest BCUT2D eigenvalue weighted by Gasteiger charge is 2.09. The Morgan fingerprint density at radius 3 is 2.23 bits per heavy atom.